The smallest absolute Gasteiger partial charge is 1.00 e. The largest absolute Gasteiger partial charge is 2.00 e. The van der Waals surface area contributed by atoms with Crippen LogP contribution < -0.4 is 12.4 Å². The van der Waals surface area contributed by atoms with E-state index >= 15 is 0 Å². The first-order valence-electron chi connectivity index (χ1n) is 6.16. The SMILES string of the molecule is Brc1ccc(I)nc1.O=Cc1ccc(Br)cn1.[CH2-]CCC.[Cl-].[Mg+2]. The molecule has 0 aromatic carbocycles. The molecule has 2 aromatic heterocycles. The molecule has 3 nitrogen and oxygen atoms in total. The molecule has 0 aliphatic carbocycles. The van der Waals surface area contributed by atoms with Crippen LogP contribution >= 0.6 is 54.5 Å². The summed E-state index contributed by atoms with van der Waals surface area (Å²) in [5.41, 5.74) is 0.457. The maximum absolute atomic E-state index is 10.0. The van der Waals surface area contributed by atoms with Gasteiger partial charge in [0.1, 0.15) is 9.39 Å². The number of nitrogens with zero attached hydrogens (tertiary/aromatic N) is 2. The number of pyridine rings is 2. The second kappa shape index (κ2) is 19.0. The van der Waals surface area contributed by atoms with E-state index in [1.54, 1.807) is 24.5 Å². The van der Waals surface area contributed by atoms with E-state index in [1.165, 1.54) is 6.42 Å². The Morgan fingerprint density at radius 3 is 1.87 bits per heavy atom. The van der Waals surface area contributed by atoms with Crippen molar-refractivity contribution in [2.75, 3.05) is 0 Å². The Balaban J connectivity index is -0.000000267. The normalized spacial score (nSPS) is 8.04. The molecule has 0 aliphatic rings. The molecule has 2 heterocycles. The summed E-state index contributed by atoms with van der Waals surface area (Å²) in [6.07, 6.45) is 6.36. The summed E-state index contributed by atoms with van der Waals surface area (Å²) in [5, 5.41) is 0. The first-order valence-corrected chi connectivity index (χ1v) is 8.83. The van der Waals surface area contributed by atoms with Crippen LogP contribution in [0.15, 0.2) is 45.6 Å². The fourth-order valence-corrected chi connectivity index (χ4v) is 1.60. The molecular weight excluding hydrogens is 571 g/mol. The van der Waals surface area contributed by atoms with Gasteiger partial charge in [0, 0.05) is 21.3 Å². The number of unbranched alkanes of at least 4 members (excludes halogenated alkanes) is 1. The molecule has 0 aliphatic heterocycles. The van der Waals surface area contributed by atoms with E-state index in [1.807, 2.05) is 12.1 Å². The van der Waals surface area contributed by atoms with Crippen molar-refractivity contribution in [2.45, 2.75) is 19.8 Å². The zero-order valence-corrected chi connectivity index (χ0v) is 20.2. The number of hydrogen-bond donors (Lipinski definition) is 0. The standard InChI is InChI=1S/C6H4BrNO.C5H3BrIN.C4H9.ClH.Mg/c7-5-1-2-6(4-9)8-3-5;6-4-1-2-5(7)8-3-4;1-3-4-2;;/h1-4H;1-3H;1,3-4H2,2H3;1H;/q;;-1;;+2/p-1. The summed E-state index contributed by atoms with van der Waals surface area (Å²) in [6.45, 7) is 5.72. The Kier molecular flexibility index (Phi) is 23.6. The summed E-state index contributed by atoms with van der Waals surface area (Å²) >= 11 is 8.64. The van der Waals surface area contributed by atoms with E-state index in [2.05, 4.69) is 78.3 Å². The number of hydrogen-bond acceptors (Lipinski definition) is 3. The van der Waals surface area contributed by atoms with Gasteiger partial charge in [-0.2, -0.15) is 6.42 Å². The Morgan fingerprint density at radius 1 is 1.13 bits per heavy atom. The fourth-order valence-electron chi connectivity index (χ4n) is 0.815. The van der Waals surface area contributed by atoms with Crippen LogP contribution in [0.25, 0.3) is 0 Å². The van der Waals surface area contributed by atoms with Gasteiger partial charge in [0.15, 0.2) is 6.29 Å². The molecule has 2 aromatic rings. The van der Waals surface area contributed by atoms with Crippen molar-refractivity contribution in [1.29, 1.82) is 0 Å². The zero-order chi connectivity index (χ0) is 16.1. The van der Waals surface area contributed by atoms with Gasteiger partial charge in [0.25, 0.3) is 0 Å². The summed E-state index contributed by atoms with van der Waals surface area (Å²) < 4.78 is 2.93. The molecule has 0 unspecified atom stereocenters. The number of aldehydes is 1. The molecule has 0 bridgehead atoms. The molecule has 122 valence electrons. The van der Waals surface area contributed by atoms with Gasteiger partial charge in [-0.25, -0.2) is 4.98 Å². The molecule has 0 radical (unpaired) electrons. The summed E-state index contributed by atoms with van der Waals surface area (Å²) in [6, 6.07) is 7.34. The van der Waals surface area contributed by atoms with Crippen LogP contribution in [-0.4, -0.2) is 39.3 Å². The monoisotopic (exact) mass is 584 g/mol. The number of halogens is 4. The topological polar surface area (TPSA) is 42.9 Å². The number of carbonyl (C=O) groups is 1. The summed E-state index contributed by atoms with van der Waals surface area (Å²) in [7, 11) is 0. The third-order valence-electron chi connectivity index (χ3n) is 1.92. The predicted molar refractivity (Wildman–Crippen MR) is 108 cm³/mol. The van der Waals surface area contributed by atoms with Gasteiger partial charge in [-0.1, -0.05) is 13.3 Å². The number of aromatic nitrogens is 2. The van der Waals surface area contributed by atoms with Crippen molar-refractivity contribution >= 4 is 83.8 Å². The Bertz CT molecular complexity index is 493. The van der Waals surface area contributed by atoms with Crippen LogP contribution in [-0.2, 0) is 0 Å². The number of rotatable bonds is 2. The maximum atomic E-state index is 10.0. The van der Waals surface area contributed by atoms with Crippen molar-refractivity contribution in [3.05, 3.63) is 61.9 Å². The minimum Gasteiger partial charge on any atom is -1.00 e. The van der Waals surface area contributed by atoms with E-state index in [0.29, 0.717) is 12.0 Å². The average Bonchev–Trinajstić information content (AvgIpc) is 2.52. The van der Waals surface area contributed by atoms with Crippen LogP contribution in [0, 0.1) is 10.6 Å². The Morgan fingerprint density at radius 2 is 1.61 bits per heavy atom. The molecule has 0 amide bonds. The van der Waals surface area contributed by atoms with Gasteiger partial charge in [0.2, 0.25) is 0 Å². The molecule has 0 spiro atoms. The first-order chi connectivity index (χ1) is 10.0. The Hall–Kier alpha value is 0.716. The third kappa shape index (κ3) is 17.3. The summed E-state index contributed by atoms with van der Waals surface area (Å²) in [5.74, 6) is 0. The Labute approximate surface area is 190 Å². The zero-order valence-electron chi connectivity index (χ0n) is 12.7. The van der Waals surface area contributed by atoms with E-state index in [9.17, 15) is 4.79 Å². The predicted octanol–water partition coefficient (Wildman–Crippen LogP) is 2.35. The van der Waals surface area contributed by atoms with E-state index < -0.39 is 0 Å². The van der Waals surface area contributed by atoms with Crippen molar-refractivity contribution in [1.82, 2.24) is 9.97 Å². The quantitative estimate of drug-likeness (QED) is 0.179. The van der Waals surface area contributed by atoms with Crippen LogP contribution in [0.4, 0.5) is 0 Å². The van der Waals surface area contributed by atoms with Crippen LogP contribution in [0.2, 0.25) is 0 Å². The van der Waals surface area contributed by atoms with E-state index in [0.717, 1.165) is 19.1 Å². The molecule has 8 heteroatoms. The van der Waals surface area contributed by atoms with Crippen molar-refractivity contribution in [3.63, 3.8) is 0 Å². The minimum atomic E-state index is 0. The van der Waals surface area contributed by atoms with Gasteiger partial charge in [0.05, 0.1) is 0 Å². The molecule has 0 saturated carbocycles. The molecule has 0 saturated heterocycles. The van der Waals surface area contributed by atoms with Crippen molar-refractivity contribution < 1.29 is 17.2 Å². The third-order valence-corrected chi connectivity index (χ3v) is 3.49. The maximum Gasteiger partial charge on any atom is 2.00 e. The molecule has 23 heavy (non-hydrogen) atoms. The molecular formula is C15H16Br2ClIMgN2O. The second-order valence-corrected chi connectivity index (χ2v) is 6.61. The van der Waals surface area contributed by atoms with Gasteiger partial charge < -0.3 is 19.3 Å². The second-order valence-electron chi connectivity index (χ2n) is 3.67. The average molecular weight is 587 g/mol. The van der Waals surface area contributed by atoms with Crippen LogP contribution in [0.1, 0.15) is 30.3 Å². The number of carbonyl (C=O) groups excluding carboxylic acids is 1. The molecule has 0 atom stereocenters. The van der Waals surface area contributed by atoms with Crippen LogP contribution in [0.3, 0.4) is 0 Å². The van der Waals surface area contributed by atoms with Gasteiger partial charge in [-0.05, 0) is 78.7 Å². The van der Waals surface area contributed by atoms with Gasteiger partial charge >= 0.3 is 23.1 Å². The van der Waals surface area contributed by atoms with Gasteiger partial charge in [-0.15, -0.1) is 0 Å². The van der Waals surface area contributed by atoms with Crippen molar-refractivity contribution in [2.24, 2.45) is 0 Å². The van der Waals surface area contributed by atoms with E-state index in [4.69, 9.17) is 0 Å². The van der Waals surface area contributed by atoms with Crippen LogP contribution in [0.5, 0.6) is 0 Å². The first kappa shape index (κ1) is 28.5. The van der Waals surface area contributed by atoms with Crippen molar-refractivity contribution in [3.8, 4) is 0 Å². The summed E-state index contributed by atoms with van der Waals surface area (Å²) in [4.78, 5) is 17.8. The molecule has 0 N–H and O–H groups in total. The van der Waals surface area contributed by atoms with E-state index in [-0.39, 0.29) is 35.5 Å². The molecule has 2 rings (SSSR count). The molecule has 0 fully saturated rings. The minimum absolute atomic E-state index is 0. The van der Waals surface area contributed by atoms with Gasteiger partial charge in [-0.3, -0.25) is 9.78 Å². The fraction of sp³-hybridized carbons (Fsp3) is 0.200.